The van der Waals surface area contributed by atoms with Gasteiger partial charge in [-0.3, -0.25) is 9.69 Å². The summed E-state index contributed by atoms with van der Waals surface area (Å²) in [6, 6.07) is 0. The van der Waals surface area contributed by atoms with Crippen LogP contribution in [0.15, 0.2) is 12.7 Å². The third-order valence-corrected chi connectivity index (χ3v) is 3.00. The summed E-state index contributed by atoms with van der Waals surface area (Å²) in [4.78, 5) is 16.1. The molecule has 0 atom stereocenters. The Kier molecular flexibility index (Phi) is 2.87. The lowest BCUT2D eigenvalue weighted by Crippen LogP contribution is -2.49. The number of piperazine rings is 1. The summed E-state index contributed by atoms with van der Waals surface area (Å²) in [5, 5.41) is 0. The van der Waals surface area contributed by atoms with Crippen molar-refractivity contribution in [2.75, 3.05) is 32.7 Å². The van der Waals surface area contributed by atoms with Crippen molar-refractivity contribution in [2.24, 2.45) is 5.92 Å². The SMILES string of the molecule is C=CCN1CCN(C(=O)C2CC2)CC1. The largest absolute Gasteiger partial charge is 0.340 e. The standard InChI is InChI=1S/C11H18N2O/c1-2-5-12-6-8-13(9-7-12)11(14)10-3-4-10/h2,10H,1,3-9H2. The lowest BCUT2D eigenvalue weighted by molar-refractivity contribution is -0.134. The minimum absolute atomic E-state index is 0.376. The van der Waals surface area contributed by atoms with Gasteiger partial charge in [-0.05, 0) is 12.8 Å². The zero-order valence-corrected chi connectivity index (χ0v) is 8.61. The molecule has 0 spiro atoms. The molecule has 2 fully saturated rings. The third-order valence-electron chi connectivity index (χ3n) is 3.00. The number of nitrogens with zero attached hydrogens (tertiary/aromatic N) is 2. The van der Waals surface area contributed by atoms with Crippen LogP contribution in [-0.4, -0.2) is 48.4 Å². The van der Waals surface area contributed by atoms with Gasteiger partial charge in [-0.2, -0.15) is 0 Å². The van der Waals surface area contributed by atoms with Crippen LogP contribution in [0.5, 0.6) is 0 Å². The summed E-state index contributed by atoms with van der Waals surface area (Å²) in [7, 11) is 0. The van der Waals surface area contributed by atoms with Crippen LogP contribution in [0.1, 0.15) is 12.8 Å². The molecular weight excluding hydrogens is 176 g/mol. The molecule has 0 aromatic heterocycles. The first-order valence-corrected chi connectivity index (χ1v) is 5.43. The van der Waals surface area contributed by atoms with Gasteiger partial charge in [-0.25, -0.2) is 0 Å². The number of carbonyl (C=O) groups is 1. The van der Waals surface area contributed by atoms with E-state index < -0.39 is 0 Å². The van der Waals surface area contributed by atoms with Crippen molar-refractivity contribution in [3.8, 4) is 0 Å². The second-order valence-corrected chi connectivity index (χ2v) is 4.19. The maximum Gasteiger partial charge on any atom is 0.225 e. The average Bonchev–Trinajstić information content (AvgIpc) is 3.02. The van der Waals surface area contributed by atoms with Gasteiger partial charge in [0.25, 0.3) is 0 Å². The van der Waals surface area contributed by atoms with E-state index >= 15 is 0 Å². The quantitative estimate of drug-likeness (QED) is 0.618. The first-order chi connectivity index (χ1) is 6.81. The molecule has 2 rings (SSSR count). The molecule has 0 aromatic carbocycles. The topological polar surface area (TPSA) is 23.6 Å². The maximum atomic E-state index is 11.7. The summed E-state index contributed by atoms with van der Waals surface area (Å²) < 4.78 is 0. The molecule has 1 heterocycles. The van der Waals surface area contributed by atoms with Gasteiger partial charge >= 0.3 is 0 Å². The molecule has 78 valence electrons. The van der Waals surface area contributed by atoms with Crippen molar-refractivity contribution < 1.29 is 4.79 Å². The van der Waals surface area contributed by atoms with E-state index in [1.54, 1.807) is 0 Å². The first-order valence-electron chi connectivity index (χ1n) is 5.43. The van der Waals surface area contributed by atoms with Crippen LogP contribution in [0.3, 0.4) is 0 Å². The summed E-state index contributed by atoms with van der Waals surface area (Å²) in [6.45, 7) is 8.50. The Morgan fingerprint density at radius 2 is 1.93 bits per heavy atom. The second kappa shape index (κ2) is 4.13. The minimum atomic E-state index is 0.376. The predicted molar refractivity (Wildman–Crippen MR) is 55.9 cm³/mol. The highest BCUT2D eigenvalue weighted by Gasteiger charge is 2.34. The van der Waals surface area contributed by atoms with Crippen LogP contribution in [0.2, 0.25) is 0 Å². The highest BCUT2D eigenvalue weighted by atomic mass is 16.2. The molecule has 3 heteroatoms. The number of carbonyl (C=O) groups excluding carboxylic acids is 1. The fourth-order valence-electron chi connectivity index (χ4n) is 1.92. The Labute approximate surface area is 85.4 Å². The van der Waals surface area contributed by atoms with Crippen molar-refractivity contribution in [1.82, 2.24) is 9.80 Å². The van der Waals surface area contributed by atoms with Gasteiger partial charge in [0, 0.05) is 38.6 Å². The second-order valence-electron chi connectivity index (χ2n) is 4.19. The van der Waals surface area contributed by atoms with E-state index in [2.05, 4.69) is 11.5 Å². The van der Waals surface area contributed by atoms with E-state index in [0.29, 0.717) is 11.8 Å². The molecule has 14 heavy (non-hydrogen) atoms. The predicted octanol–water partition coefficient (Wildman–Crippen LogP) is 0.727. The van der Waals surface area contributed by atoms with Crippen molar-refractivity contribution in [1.29, 1.82) is 0 Å². The monoisotopic (exact) mass is 194 g/mol. The van der Waals surface area contributed by atoms with Crippen LogP contribution < -0.4 is 0 Å². The zero-order chi connectivity index (χ0) is 9.97. The Bertz CT molecular complexity index is 227. The van der Waals surface area contributed by atoms with Gasteiger partial charge in [0.15, 0.2) is 0 Å². The van der Waals surface area contributed by atoms with E-state index in [9.17, 15) is 4.79 Å². The molecule has 0 N–H and O–H groups in total. The molecular formula is C11H18N2O. The van der Waals surface area contributed by atoms with E-state index in [-0.39, 0.29) is 0 Å². The van der Waals surface area contributed by atoms with Gasteiger partial charge in [0.1, 0.15) is 0 Å². The molecule has 1 saturated carbocycles. The number of rotatable bonds is 3. The smallest absolute Gasteiger partial charge is 0.225 e. The average molecular weight is 194 g/mol. The summed E-state index contributed by atoms with van der Waals surface area (Å²) >= 11 is 0. The Balaban J connectivity index is 1.77. The number of hydrogen-bond acceptors (Lipinski definition) is 2. The fourth-order valence-corrected chi connectivity index (χ4v) is 1.92. The normalized spacial score (nSPS) is 23.6. The molecule has 2 aliphatic rings. The summed E-state index contributed by atoms with van der Waals surface area (Å²) in [6.07, 6.45) is 4.16. The molecule has 1 saturated heterocycles. The highest BCUT2D eigenvalue weighted by molar-refractivity contribution is 5.81. The van der Waals surface area contributed by atoms with Crippen molar-refractivity contribution in [3.63, 3.8) is 0 Å². The molecule has 0 radical (unpaired) electrons. The lowest BCUT2D eigenvalue weighted by Gasteiger charge is -2.34. The molecule has 0 unspecified atom stereocenters. The highest BCUT2D eigenvalue weighted by Crippen LogP contribution is 2.31. The Hall–Kier alpha value is -0.830. The molecule has 0 aromatic rings. The molecule has 3 nitrogen and oxygen atoms in total. The van der Waals surface area contributed by atoms with Crippen molar-refractivity contribution in [3.05, 3.63) is 12.7 Å². The van der Waals surface area contributed by atoms with Crippen molar-refractivity contribution in [2.45, 2.75) is 12.8 Å². The first kappa shape index (κ1) is 9.71. The van der Waals surface area contributed by atoms with Crippen LogP contribution in [0, 0.1) is 5.92 Å². The van der Waals surface area contributed by atoms with Crippen molar-refractivity contribution >= 4 is 5.91 Å². The van der Waals surface area contributed by atoms with Crippen LogP contribution in [0.25, 0.3) is 0 Å². The van der Waals surface area contributed by atoms with Gasteiger partial charge in [0.2, 0.25) is 5.91 Å². The van der Waals surface area contributed by atoms with Crippen LogP contribution in [0.4, 0.5) is 0 Å². The van der Waals surface area contributed by atoms with Gasteiger partial charge in [-0.1, -0.05) is 6.08 Å². The lowest BCUT2D eigenvalue weighted by atomic mass is 10.2. The minimum Gasteiger partial charge on any atom is -0.340 e. The Morgan fingerprint density at radius 1 is 1.29 bits per heavy atom. The molecule has 1 amide bonds. The molecule has 1 aliphatic carbocycles. The molecule has 1 aliphatic heterocycles. The van der Waals surface area contributed by atoms with E-state index in [0.717, 1.165) is 45.6 Å². The van der Waals surface area contributed by atoms with E-state index in [1.807, 2.05) is 11.0 Å². The summed E-state index contributed by atoms with van der Waals surface area (Å²) in [5.41, 5.74) is 0. The van der Waals surface area contributed by atoms with Gasteiger partial charge < -0.3 is 4.90 Å². The third kappa shape index (κ3) is 2.15. The zero-order valence-electron chi connectivity index (χ0n) is 8.61. The molecule has 0 bridgehead atoms. The number of hydrogen-bond donors (Lipinski definition) is 0. The van der Waals surface area contributed by atoms with Crippen LogP contribution >= 0.6 is 0 Å². The van der Waals surface area contributed by atoms with E-state index in [1.165, 1.54) is 0 Å². The fraction of sp³-hybridized carbons (Fsp3) is 0.727. The Morgan fingerprint density at radius 3 is 2.43 bits per heavy atom. The van der Waals surface area contributed by atoms with Gasteiger partial charge in [0.05, 0.1) is 0 Å². The van der Waals surface area contributed by atoms with E-state index in [4.69, 9.17) is 0 Å². The number of amides is 1. The summed E-state index contributed by atoms with van der Waals surface area (Å²) in [5.74, 6) is 0.768. The maximum absolute atomic E-state index is 11.7. The van der Waals surface area contributed by atoms with Crippen LogP contribution in [-0.2, 0) is 4.79 Å². The van der Waals surface area contributed by atoms with Gasteiger partial charge in [-0.15, -0.1) is 6.58 Å².